The van der Waals surface area contributed by atoms with Gasteiger partial charge in [-0.3, -0.25) is 4.79 Å². The van der Waals surface area contributed by atoms with Crippen LogP contribution in [0.2, 0.25) is 0 Å². The molecule has 0 heterocycles. The smallest absolute Gasteiger partial charge is 0.333 e. The van der Waals surface area contributed by atoms with Gasteiger partial charge in [-0.25, -0.2) is 0 Å². The molecule has 0 saturated carbocycles. The second-order valence-electron chi connectivity index (χ2n) is 2.68. The molecule has 15 heavy (non-hydrogen) atoms. The monoisotopic (exact) mass is 219 g/mol. The van der Waals surface area contributed by atoms with E-state index in [4.69, 9.17) is 0 Å². The van der Waals surface area contributed by atoms with E-state index in [1.807, 2.05) is 0 Å². The van der Waals surface area contributed by atoms with Crippen molar-refractivity contribution in [2.75, 3.05) is 5.06 Å². The molecule has 0 aliphatic carbocycles. The van der Waals surface area contributed by atoms with Crippen LogP contribution < -0.4 is 5.06 Å². The SMILES string of the molecule is CC(=O)ON(c1ccccc1)C(F)(F)F. The van der Waals surface area contributed by atoms with Crippen LogP contribution in [-0.4, -0.2) is 12.3 Å². The van der Waals surface area contributed by atoms with Gasteiger partial charge in [-0.1, -0.05) is 18.2 Å². The number of hydrogen-bond acceptors (Lipinski definition) is 3. The van der Waals surface area contributed by atoms with Gasteiger partial charge in [0.2, 0.25) is 0 Å². The first kappa shape index (κ1) is 11.4. The van der Waals surface area contributed by atoms with E-state index in [0.717, 1.165) is 6.92 Å². The zero-order valence-electron chi connectivity index (χ0n) is 7.78. The van der Waals surface area contributed by atoms with Crippen LogP contribution in [0.1, 0.15) is 6.92 Å². The number of alkyl halides is 3. The van der Waals surface area contributed by atoms with Gasteiger partial charge >= 0.3 is 12.3 Å². The number of benzene rings is 1. The van der Waals surface area contributed by atoms with E-state index in [9.17, 15) is 18.0 Å². The molecule has 0 N–H and O–H groups in total. The van der Waals surface area contributed by atoms with Crippen LogP contribution in [-0.2, 0) is 9.63 Å². The normalized spacial score (nSPS) is 10.9. The van der Waals surface area contributed by atoms with Crippen molar-refractivity contribution in [3.63, 3.8) is 0 Å². The first-order valence-corrected chi connectivity index (χ1v) is 4.02. The highest BCUT2D eigenvalue weighted by Crippen LogP contribution is 2.28. The van der Waals surface area contributed by atoms with Gasteiger partial charge in [-0.15, -0.1) is 18.2 Å². The minimum Gasteiger partial charge on any atom is -0.333 e. The van der Waals surface area contributed by atoms with E-state index in [0.29, 0.717) is 0 Å². The number of nitrogens with zero attached hydrogens (tertiary/aromatic N) is 1. The molecular weight excluding hydrogens is 211 g/mol. The molecule has 0 atom stereocenters. The maximum atomic E-state index is 12.4. The Balaban J connectivity index is 2.97. The molecular formula is C9H8F3NO2. The molecule has 0 spiro atoms. The number of rotatable bonds is 2. The molecule has 0 radical (unpaired) electrons. The molecule has 0 aromatic heterocycles. The average molecular weight is 219 g/mol. The Hall–Kier alpha value is -1.72. The maximum Gasteiger partial charge on any atom is 0.517 e. The minimum atomic E-state index is -4.76. The third-order valence-corrected chi connectivity index (χ3v) is 1.44. The first-order valence-electron chi connectivity index (χ1n) is 4.02. The molecule has 1 aromatic rings. The summed E-state index contributed by atoms with van der Waals surface area (Å²) in [6, 6.07) is 6.77. The quantitative estimate of drug-likeness (QED) is 0.565. The summed E-state index contributed by atoms with van der Waals surface area (Å²) < 4.78 is 37.2. The predicted molar refractivity (Wildman–Crippen MR) is 46.7 cm³/mol. The fraction of sp³-hybridized carbons (Fsp3) is 0.222. The number of hydroxylamine groups is 1. The number of carbonyl (C=O) groups excluding carboxylic acids is 1. The van der Waals surface area contributed by atoms with E-state index in [1.54, 1.807) is 6.07 Å². The Morgan fingerprint density at radius 2 is 1.80 bits per heavy atom. The van der Waals surface area contributed by atoms with Crippen LogP contribution in [0.3, 0.4) is 0 Å². The van der Waals surface area contributed by atoms with Crippen molar-refractivity contribution >= 4 is 11.7 Å². The highest BCUT2D eigenvalue weighted by molar-refractivity contribution is 5.67. The van der Waals surface area contributed by atoms with Gasteiger partial charge in [0.05, 0.1) is 5.69 Å². The second kappa shape index (κ2) is 4.20. The highest BCUT2D eigenvalue weighted by Gasteiger charge is 2.40. The molecule has 0 aliphatic heterocycles. The van der Waals surface area contributed by atoms with Gasteiger partial charge < -0.3 is 4.84 Å². The Labute approximate surface area is 84.0 Å². The third-order valence-electron chi connectivity index (χ3n) is 1.44. The summed E-state index contributed by atoms with van der Waals surface area (Å²) in [5, 5.41) is -0.380. The Bertz CT molecular complexity index is 337. The van der Waals surface area contributed by atoms with Crippen molar-refractivity contribution in [2.24, 2.45) is 0 Å². The van der Waals surface area contributed by atoms with Crippen molar-refractivity contribution in [3.8, 4) is 0 Å². The van der Waals surface area contributed by atoms with Gasteiger partial charge in [0.25, 0.3) is 0 Å². The Morgan fingerprint density at radius 1 is 1.27 bits per heavy atom. The minimum absolute atomic E-state index is 0.250. The van der Waals surface area contributed by atoms with E-state index in [1.165, 1.54) is 24.3 Å². The summed E-state index contributed by atoms with van der Waals surface area (Å²) in [6.45, 7) is 0.904. The zero-order chi connectivity index (χ0) is 11.5. The number of anilines is 1. The van der Waals surface area contributed by atoms with Crippen LogP contribution >= 0.6 is 0 Å². The zero-order valence-corrected chi connectivity index (χ0v) is 7.78. The molecule has 0 saturated heterocycles. The molecule has 82 valence electrons. The summed E-state index contributed by atoms with van der Waals surface area (Å²) in [5.74, 6) is -1.03. The summed E-state index contributed by atoms with van der Waals surface area (Å²) in [6.07, 6.45) is -4.76. The van der Waals surface area contributed by atoms with Crippen LogP contribution in [0, 0.1) is 0 Å². The fourth-order valence-corrected chi connectivity index (χ4v) is 0.943. The van der Waals surface area contributed by atoms with Crippen LogP contribution in [0.4, 0.5) is 18.9 Å². The fourth-order valence-electron chi connectivity index (χ4n) is 0.943. The van der Waals surface area contributed by atoms with Gasteiger partial charge in [-0.2, -0.15) is 0 Å². The summed E-state index contributed by atoms with van der Waals surface area (Å²) in [7, 11) is 0. The van der Waals surface area contributed by atoms with Gasteiger partial charge in [0.15, 0.2) is 0 Å². The molecule has 0 aliphatic rings. The largest absolute Gasteiger partial charge is 0.517 e. The number of para-hydroxylation sites is 1. The van der Waals surface area contributed by atoms with Crippen molar-refractivity contribution in [1.29, 1.82) is 0 Å². The number of carbonyl (C=O) groups is 1. The summed E-state index contributed by atoms with van der Waals surface area (Å²) in [4.78, 5) is 14.6. The lowest BCUT2D eigenvalue weighted by atomic mass is 10.3. The lowest BCUT2D eigenvalue weighted by Gasteiger charge is -2.23. The summed E-state index contributed by atoms with van der Waals surface area (Å²) >= 11 is 0. The standard InChI is InChI=1S/C9H8F3NO2/c1-7(14)15-13(9(10,11)12)8-5-3-2-4-6-8/h2-6H,1H3. The third kappa shape index (κ3) is 3.16. The van der Waals surface area contributed by atoms with Crippen molar-refractivity contribution < 1.29 is 22.8 Å². The number of hydrogen-bond donors (Lipinski definition) is 0. The average Bonchev–Trinajstić information content (AvgIpc) is 2.14. The molecule has 0 unspecified atom stereocenters. The van der Waals surface area contributed by atoms with E-state index >= 15 is 0 Å². The Kier molecular flexibility index (Phi) is 3.18. The topological polar surface area (TPSA) is 29.5 Å². The van der Waals surface area contributed by atoms with Crippen LogP contribution in [0.5, 0.6) is 0 Å². The molecule has 1 aromatic carbocycles. The Morgan fingerprint density at radius 3 is 2.20 bits per heavy atom. The summed E-state index contributed by atoms with van der Waals surface area (Å²) in [5.41, 5.74) is -0.250. The van der Waals surface area contributed by atoms with Gasteiger partial charge in [0, 0.05) is 6.92 Å². The van der Waals surface area contributed by atoms with Crippen molar-refractivity contribution in [3.05, 3.63) is 30.3 Å². The predicted octanol–water partition coefficient (Wildman–Crippen LogP) is 2.49. The van der Waals surface area contributed by atoms with Crippen LogP contribution in [0.15, 0.2) is 30.3 Å². The number of halogens is 3. The lowest BCUT2D eigenvalue weighted by molar-refractivity contribution is -0.197. The van der Waals surface area contributed by atoms with Crippen molar-refractivity contribution in [1.82, 2.24) is 0 Å². The van der Waals surface area contributed by atoms with Gasteiger partial charge in [-0.05, 0) is 12.1 Å². The molecule has 0 fully saturated rings. The molecule has 3 nitrogen and oxygen atoms in total. The lowest BCUT2D eigenvalue weighted by Crippen LogP contribution is -2.39. The van der Waals surface area contributed by atoms with E-state index in [-0.39, 0.29) is 10.8 Å². The molecule has 1 rings (SSSR count). The highest BCUT2D eigenvalue weighted by atomic mass is 19.4. The van der Waals surface area contributed by atoms with E-state index in [2.05, 4.69) is 4.84 Å². The first-order chi connectivity index (χ1) is 6.91. The van der Waals surface area contributed by atoms with Crippen LogP contribution in [0.25, 0.3) is 0 Å². The van der Waals surface area contributed by atoms with Gasteiger partial charge in [0.1, 0.15) is 0 Å². The molecule has 6 heteroatoms. The maximum absolute atomic E-state index is 12.4. The molecule has 0 amide bonds. The molecule has 0 bridgehead atoms. The van der Waals surface area contributed by atoms with Crippen molar-refractivity contribution in [2.45, 2.75) is 13.2 Å². The second-order valence-corrected chi connectivity index (χ2v) is 2.68. The van der Waals surface area contributed by atoms with E-state index < -0.39 is 12.3 Å².